The molecule has 0 fully saturated rings. The highest BCUT2D eigenvalue weighted by Gasteiger charge is 2.61. The van der Waals surface area contributed by atoms with E-state index in [0.29, 0.717) is 17.2 Å². The number of rotatable bonds is 7. The molecule has 0 saturated carbocycles. The van der Waals surface area contributed by atoms with E-state index in [0.717, 1.165) is 22.4 Å². The van der Waals surface area contributed by atoms with Crippen LogP contribution in [0.1, 0.15) is 67.8 Å². The Kier molecular flexibility index (Phi) is 7.62. The highest BCUT2D eigenvalue weighted by Crippen LogP contribution is 2.59. The fraction of sp³-hybridized carbons (Fsp3) is 0.382. The van der Waals surface area contributed by atoms with E-state index >= 15 is 0 Å². The molecule has 14 heteroatoms. The molecule has 3 amide bonds. The minimum absolute atomic E-state index is 0.0877. The van der Waals surface area contributed by atoms with Gasteiger partial charge in [0, 0.05) is 17.7 Å². The molecule has 5 heterocycles. The van der Waals surface area contributed by atoms with Crippen molar-refractivity contribution in [2.24, 2.45) is 11.8 Å². The summed E-state index contributed by atoms with van der Waals surface area (Å²) < 4.78 is 19.2. The van der Waals surface area contributed by atoms with Crippen molar-refractivity contribution in [1.82, 2.24) is 25.9 Å². The highest BCUT2D eigenvalue weighted by molar-refractivity contribution is 5.90. The number of hydrogen-bond acceptors (Lipinski definition) is 10. The van der Waals surface area contributed by atoms with Crippen molar-refractivity contribution < 1.29 is 38.2 Å². The van der Waals surface area contributed by atoms with Crippen molar-refractivity contribution in [2.45, 2.75) is 70.5 Å². The number of aliphatic hydroxyl groups is 1. The molecule has 0 saturated heterocycles. The Morgan fingerprint density at radius 1 is 1.08 bits per heavy atom. The molecule has 7 rings (SSSR count). The Balaban J connectivity index is 1.45. The fourth-order valence-electron chi connectivity index (χ4n) is 6.67. The summed E-state index contributed by atoms with van der Waals surface area (Å²) in [6.07, 6.45) is -1.67. The predicted octanol–water partition coefficient (Wildman–Crippen LogP) is 3.45. The molecule has 3 unspecified atom stereocenters. The third kappa shape index (κ3) is 5.03. The van der Waals surface area contributed by atoms with Gasteiger partial charge in [0.15, 0.2) is 17.7 Å². The zero-order valence-corrected chi connectivity index (χ0v) is 26.7. The lowest BCUT2D eigenvalue weighted by molar-refractivity contribution is -0.135. The van der Waals surface area contributed by atoms with Gasteiger partial charge in [-0.15, -0.1) is 0 Å². The molecule has 1 spiro atoms. The molecule has 6 N–H and O–H groups in total. The summed E-state index contributed by atoms with van der Waals surface area (Å²) in [5, 5.41) is 31.2. The Bertz CT molecular complexity index is 1920. The number of carbonyl (C=O) groups is 3. The molecular formula is C34H36N6O8. The number of amides is 3. The van der Waals surface area contributed by atoms with Crippen LogP contribution < -0.4 is 26.0 Å². The van der Waals surface area contributed by atoms with Crippen molar-refractivity contribution >= 4 is 23.6 Å². The van der Waals surface area contributed by atoms with Crippen molar-refractivity contribution in [1.29, 1.82) is 0 Å². The van der Waals surface area contributed by atoms with Crippen molar-refractivity contribution in [3.05, 3.63) is 82.8 Å². The number of nitrogens with zero attached hydrogens (tertiary/aromatic N) is 2. The van der Waals surface area contributed by atoms with Crippen LogP contribution in [0.2, 0.25) is 0 Å². The van der Waals surface area contributed by atoms with Crippen LogP contribution in [0, 0.1) is 11.8 Å². The van der Waals surface area contributed by atoms with E-state index in [9.17, 15) is 19.5 Å². The van der Waals surface area contributed by atoms with Gasteiger partial charge < -0.3 is 45.1 Å². The van der Waals surface area contributed by atoms with Gasteiger partial charge in [-0.05, 0) is 35.1 Å². The number of carboxylic acid groups (broad SMARTS) is 1. The van der Waals surface area contributed by atoms with Gasteiger partial charge in [0.1, 0.15) is 35.6 Å². The average molecular weight is 657 g/mol. The Morgan fingerprint density at radius 2 is 1.88 bits per heavy atom. The van der Waals surface area contributed by atoms with Gasteiger partial charge >= 0.3 is 6.09 Å². The Hall–Kier alpha value is -5.37. The molecule has 4 bridgehead atoms. The van der Waals surface area contributed by atoms with Gasteiger partial charge in [-0.2, -0.15) is 0 Å². The minimum Gasteiger partial charge on any atom is -0.469 e. The number of benzene rings is 2. The number of hydrogen-bond donors (Lipinski definition) is 6. The summed E-state index contributed by atoms with van der Waals surface area (Å²) in [7, 11) is 0. The molecule has 4 aromatic rings. The number of aliphatic hydroxyl groups excluding tert-OH is 1. The van der Waals surface area contributed by atoms with Crippen LogP contribution in [0.4, 0.5) is 10.5 Å². The van der Waals surface area contributed by atoms with E-state index < -0.39 is 47.7 Å². The normalized spacial score (nSPS) is 22.8. The first-order valence-electron chi connectivity index (χ1n) is 15.8. The lowest BCUT2D eigenvalue weighted by atomic mass is 9.72. The van der Waals surface area contributed by atoms with Gasteiger partial charge in [0.2, 0.25) is 23.6 Å². The molecule has 48 heavy (non-hydrogen) atoms. The molecule has 14 nitrogen and oxygen atoms in total. The molecule has 3 aliphatic rings. The number of aromatic nitrogens is 2. The van der Waals surface area contributed by atoms with E-state index in [1.54, 1.807) is 13.8 Å². The van der Waals surface area contributed by atoms with Crippen LogP contribution in [-0.2, 0) is 28.0 Å². The summed E-state index contributed by atoms with van der Waals surface area (Å²) >= 11 is 0. The second kappa shape index (κ2) is 11.7. The van der Waals surface area contributed by atoms with Crippen LogP contribution in [0.15, 0.2) is 57.6 Å². The monoisotopic (exact) mass is 656 g/mol. The summed E-state index contributed by atoms with van der Waals surface area (Å²) in [6, 6.07) is 11.6. The lowest BCUT2D eigenvalue weighted by Gasteiger charge is -2.29. The van der Waals surface area contributed by atoms with Crippen LogP contribution in [0.3, 0.4) is 0 Å². The van der Waals surface area contributed by atoms with Gasteiger partial charge in [0.25, 0.3) is 0 Å². The predicted molar refractivity (Wildman–Crippen MR) is 170 cm³/mol. The standard InChI is InChI=1S/C34H36N6O8/c1-15(2)24-31-40-25(30-36-18(14-46-30)13-35-33(44)45)27(48-31)34-19-7-5-6-8-21(19)38-32(34)47-23-10-9-17(11-20(23)34)12-22(28(42)39-24)37-29(43)26(41)16(3)4/h5-11,14-16,22,24,26,32,35,38,41H,12-13H2,1-4H3,(H,37,43)(H,39,42)(H,44,45)/t22-,24?,26-,32?,34?/m0/s1. The number of para-hydroxylation sites is 1. The number of fused-ring (bicyclic) bond motifs is 4. The Morgan fingerprint density at radius 3 is 2.62 bits per heavy atom. The average Bonchev–Trinajstić information content (AvgIpc) is 3.82. The first kappa shape index (κ1) is 31.2. The number of nitrogens with one attached hydrogen (secondary N) is 4. The minimum atomic E-state index is -1.30. The second-order valence-corrected chi connectivity index (χ2v) is 13.0. The van der Waals surface area contributed by atoms with Crippen LogP contribution in [-0.4, -0.2) is 56.5 Å². The molecule has 0 radical (unpaired) electrons. The summed E-state index contributed by atoms with van der Waals surface area (Å²) in [5.41, 5.74) is 2.69. The SMILES string of the molecule is CC(C)C1NC(=O)[C@@H](NC(=O)[C@@H](O)C(C)C)Cc2ccc3c(c2)C2(c4ccccc4NC2O3)c2oc1nc2-c1nc(CNC(=O)O)co1. The number of oxazole rings is 2. The first-order chi connectivity index (χ1) is 23.0. The number of ether oxygens (including phenoxy) is 1. The Labute approximate surface area is 275 Å². The van der Waals surface area contributed by atoms with Crippen LogP contribution in [0.5, 0.6) is 5.75 Å². The topological polar surface area (TPSA) is 201 Å². The zero-order chi connectivity index (χ0) is 33.9. The van der Waals surface area contributed by atoms with Crippen LogP contribution >= 0.6 is 0 Å². The van der Waals surface area contributed by atoms with E-state index in [2.05, 4.69) is 26.3 Å². The van der Waals surface area contributed by atoms with E-state index in [-0.39, 0.29) is 42.3 Å². The fourth-order valence-corrected chi connectivity index (χ4v) is 6.67. The first-order valence-corrected chi connectivity index (χ1v) is 15.8. The quantitative estimate of drug-likeness (QED) is 0.170. The van der Waals surface area contributed by atoms with Gasteiger partial charge in [-0.1, -0.05) is 58.0 Å². The third-order valence-corrected chi connectivity index (χ3v) is 9.13. The zero-order valence-electron chi connectivity index (χ0n) is 26.7. The summed E-state index contributed by atoms with van der Waals surface area (Å²) in [5.74, 6) is -0.452. The summed E-state index contributed by atoms with van der Waals surface area (Å²) in [4.78, 5) is 47.6. The number of carbonyl (C=O) groups excluding carboxylic acids is 2. The maximum Gasteiger partial charge on any atom is 0.404 e. The van der Waals surface area contributed by atoms with E-state index in [1.165, 1.54) is 6.26 Å². The summed E-state index contributed by atoms with van der Waals surface area (Å²) in [6.45, 7) is 7.17. The van der Waals surface area contributed by atoms with Crippen molar-refractivity contribution in [3.63, 3.8) is 0 Å². The van der Waals surface area contributed by atoms with Crippen molar-refractivity contribution in [2.75, 3.05) is 5.32 Å². The number of anilines is 1. The maximum atomic E-state index is 14.0. The van der Waals surface area contributed by atoms with E-state index in [1.807, 2.05) is 56.3 Å². The smallest absolute Gasteiger partial charge is 0.404 e. The van der Waals surface area contributed by atoms with Gasteiger partial charge in [0.05, 0.1) is 12.2 Å². The molecule has 2 aromatic heterocycles. The maximum absolute atomic E-state index is 14.0. The van der Waals surface area contributed by atoms with Crippen molar-refractivity contribution in [3.8, 4) is 17.3 Å². The van der Waals surface area contributed by atoms with E-state index in [4.69, 9.17) is 23.7 Å². The molecule has 250 valence electrons. The second-order valence-electron chi connectivity index (χ2n) is 13.0. The van der Waals surface area contributed by atoms with Gasteiger partial charge in [-0.25, -0.2) is 14.8 Å². The van der Waals surface area contributed by atoms with Gasteiger partial charge in [-0.3, -0.25) is 9.59 Å². The molecule has 5 atom stereocenters. The molecule has 2 aromatic carbocycles. The molecular weight excluding hydrogens is 620 g/mol. The molecule has 0 aliphatic carbocycles. The molecule has 3 aliphatic heterocycles. The van der Waals surface area contributed by atoms with Crippen LogP contribution in [0.25, 0.3) is 11.6 Å². The third-order valence-electron chi connectivity index (χ3n) is 9.13. The lowest BCUT2D eigenvalue weighted by Crippen LogP contribution is -2.52. The largest absolute Gasteiger partial charge is 0.469 e. The highest BCUT2D eigenvalue weighted by atomic mass is 16.5.